The zero-order valence-corrected chi connectivity index (χ0v) is 15.2. The van der Waals surface area contributed by atoms with Crippen LogP contribution in [0, 0.1) is 0 Å². The minimum Gasteiger partial charge on any atom is -0.504 e. The minimum absolute atomic E-state index is 0.172. The molecular weight excluding hydrogens is 318 g/mol. The summed E-state index contributed by atoms with van der Waals surface area (Å²) in [6.45, 7) is 0.981. The minimum atomic E-state index is 0.172. The van der Waals surface area contributed by atoms with Crippen molar-refractivity contribution in [3.8, 4) is 23.0 Å². The summed E-state index contributed by atoms with van der Waals surface area (Å²) in [6.07, 6.45) is 1.78. The van der Waals surface area contributed by atoms with Gasteiger partial charge in [0.1, 0.15) is 0 Å². The molecule has 0 bridgehead atoms. The Morgan fingerprint density at radius 3 is 2.32 bits per heavy atom. The van der Waals surface area contributed by atoms with E-state index in [9.17, 15) is 5.11 Å². The zero-order valence-electron chi connectivity index (χ0n) is 15.2. The molecule has 0 aliphatic carbocycles. The molecule has 1 aliphatic heterocycles. The van der Waals surface area contributed by atoms with Crippen molar-refractivity contribution in [2.24, 2.45) is 0 Å². The van der Waals surface area contributed by atoms with Crippen LogP contribution in [0.5, 0.6) is 23.0 Å². The summed E-state index contributed by atoms with van der Waals surface area (Å²) in [6, 6.07) is 9.97. The number of nitrogens with zero attached hydrogens (tertiary/aromatic N) is 1. The highest BCUT2D eigenvalue weighted by molar-refractivity contribution is 5.50. The third-order valence-corrected chi connectivity index (χ3v) is 4.94. The average molecular weight is 343 g/mol. The average Bonchev–Trinajstić information content (AvgIpc) is 2.63. The Balaban J connectivity index is 1.96. The number of benzene rings is 2. The van der Waals surface area contributed by atoms with Gasteiger partial charge in [-0.15, -0.1) is 0 Å². The fourth-order valence-corrected chi connectivity index (χ4v) is 3.51. The van der Waals surface area contributed by atoms with Gasteiger partial charge in [0.15, 0.2) is 23.0 Å². The van der Waals surface area contributed by atoms with E-state index >= 15 is 0 Å². The molecule has 2 aromatic rings. The summed E-state index contributed by atoms with van der Waals surface area (Å²) in [5.74, 6) is 2.18. The van der Waals surface area contributed by atoms with Crippen molar-refractivity contribution >= 4 is 0 Å². The van der Waals surface area contributed by atoms with Gasteiger partial charge < -0.3 is 19.3 Å². The van der Waals surface area contributed by atoms with Crippen LogP contribution >= 0.6 is 0 Å². The summed E-state index contributed by atoms with van der Waals surface area (Å²) < 4.78 is 16.1. The highest BCUT2D eigenvalue weighted by Gasteiger charge is 2.27. The maximum absolute atomic E-state index is 10.1. The number of phenolic OH excluding ortho intramolecular Hbond substituents is 1. The van der Waals surface area contributed by atoms with Gasteiger partial charge in [-0.05, 0) is 60.8 Å². The second-order valence-electron chi connectivity index (χ2n) is 6.36. The first kappa shape index (κ1) is 17.4. The molecule has 0 unspecified atom stereocenters. The lowest BCUT2D eigenvalue weighted by molar-refractivity contribution is 0.227. The normalized spacial score (nSPS) is 17.0. The van der Waals surface area contributed by atoms with E-state index in [4.69, 9.17) is 14.2 Å². The fourth-order valence-electron chi connectivity index (χ4n) is 3.51. The first-order valence-electron chi connectivity index (χ1n) is 8.38. The summed E-state index contributed by atoms with van der Waals surface area (Å²) in [5.41, 5.74) is 3.61. The number of fused-ring (bicyclic) bond motifs is 1. The van der Waals surface area contributed by atoms with E-state index in [1.54, 1.807) is 27.4 Å². The highest BCUT2D eigenvalue weighted by atomic mass is 16.5. The number of hydrogen-bond acceptors (Lipinski definition) is 5. The maximum atomic E-state index is 10.1. The zero-order chi connectivity index (χ0) is 18.0. The molecule has 2 aromatic carbocycles. The first-order valence-corrected chi connectivity index (χ1v) is 8.38. The smallest absolute Gasteiger partial charge is 0.161 e. The van der Waals surface area contributed by atoms with E-state index in [1.807, 2.05) is 12.1 Å². The van der Waals surface area contributed by atoms with Crippen LogP contribution in [-0.4, -0.2) is 44.9 Å². The summed E-state index contributed by atoms with van der Waals surface area (Å²) in [4.78, 5) is 2.34. The molecule has 0 amide bonds. The Morgan fingerprint density at radius 1 is 1.00 bits per heavy atom. The number of rotatable bonds is 5. The monoisotopic (exact) mass is 343 g/mol. The molecule has 3 rings (SSSR count). The van der Waals surface area contributed by atoms with Gasteiger partial charge in [0.2, 0.25) is 0 Å². The number of likely N-dealkylation sites (N-methyl/N-ethyl adjacent to an activating group) is 1. The summed E-state index contributed by atoms with van der Waals surface area (Å²) in [5, 5.41) is 10.1. The number of methoxy groups -OCH3 is 3. The van der Waals surface area contributed by atoms with Crippen molar-refractivity contribution in [3.63, 3.8) is 0 Å². The molecule has 134 valence electrons. The van der Waals surface area contributed by atoms with E-state index in [1.165, 1.54) is 11.1 Å². The van der Waals surface area contributed by atoms with E-state index in [0.29, 0.717) is 5.75 Å². The van der Waals surface area contributed by atoms with Gasteiger partial charge in [0, 0.05) is 12.6 Å². The van der Waals surface area contributed by atoms with Gasteiger partial charge in [0.05, 0.1) is 21.3 Å². The molecular formula is C20H25NO4. The number of aromatic hydroxyl groups is 1. The van der Waals surface area contributed by atoms with Crippen LogP contribution in [0.4, 0.5) is 0 Å². The molecule has 0 fully saturated rings. The summed E-state index contributed by atoms with van der Waals surface area (Å²) in [7, 11) is 7.01. The molecule has 0 saturated carbocycles. The number of hydrogen-bond donors (Lipinski definition) is 1. The molecule has 1 heterocycles. The third kappa shape index (κ3) is 3.37. The molecule has 1 aliphatic rings. The van der Waals surface area contributed by atoms with E-state index in [0.717, 1.165) is 36.4 Å². The SMILES string of the molecule is COc1ccc(C[C@H]2c3cc(OC)c(OC)cc3CCN2C)cc1O. The van der Waals surface area contributed by atoms with E-state index in [-0.39, 0.29) is 11.8 Å². The van der Waals surface area contributed by atoms with Crippen LogP contribution < -0.4 is 14.2 Å². The molecule has 0 saturated heterocycles. The maximum Gasteiger partial charge on any atom is 0.161 e. The molecule has 5 heteroatoms. The van der Waals surface area contributed by atoms with E-state index in [2.05, 4.69) is 24.1 Å². The Labute approximate surface area is 148 Å². The second-order valence-corrected chi connectivity index (χ2v) is 6.36. The Kier molecular flexibility index (Phi) is 5.04. The standard InChI is InChI=1S/C20H25NO4/c1-21-8-7-14-11-19(24-3)20(25-4)12-15(14)16(21)9-13-5-6-18(23-2)17(22)10-13/h5-6,10-12,16,22H,7-9H2,1-4H3/t16-/m0/s1. The van der Waals surface area contributed by atoms with Crippen LogP contribution in [0.1, 0.15) is 22.7 Å². The van der Waals surface area contributed by atoms with Crippen molar-refractivity contribution in [2.45, 2.75) is 18.9 Å². The largest absolute Gasteiger partial charge is 0.504 e. The van der Waals surface area contributed by atoms with Crippen molar-refractivity contribution in [3.05, 3.63) is 47.0 Å². The Bertz CT molecular complexity index is 760. The van der Waals surface area contributed by atoms with Gasteiger partial charge in [-0.25, -0.2) is 0 Å². The molecule has 5 nitrogen and oxygen atoms in total. The molecule has 0 spiro atoms. The molecule has 0 aromatic heterocycles. The highest BCUT2D eigenvalue weighted by Crippen LogP contribution is 2.39. The van der Waals surface area contributed by atoms with Gasteiger partial charge in [0.25, 0.3) is 0 Å². The quantitative estimate of drug-likeness (QED) is 0.904. The van der Waals surface area contributed by atoms with Gasteiger partial charge in [-0.1, -0.05) is 6.07 Å². The van der Waals surface area contributed by atoms with Gasteiger partial charge in [-0.3, -0.25) is 4.90 Å². The second kappa shape index (κ2) is 7.23. The molecule has 25 heavy (non-hydrogen) atoms. The topological polar surface area (TPSA) is 51.2 Å². The van der Waals surface area contributed by atoms with Crippen molar-refractivity contribution in [2.75, 3.05) is 34.9 Å². The number of phenols is 1. The first-order chi connectivity index (χ1) is 12.1. The third-order valence-electron chi connectivity index (χ3n) is 4.94. The Hall–Kier alpha value is -2.40. The van der Waals surface area contributed by atoms with Crippen molar-refractivity contribution < 1.29 is 19.3 Å². The van der Waals surface area contributed by atoms with Crippen LogP contribution in [0.15, 0.2) is 30.3 Å². The van der Waals surface area contributed by atoms with Crippen LogP contribution in [-0.2, 0) is 12.8 Å². The number of ether oxygens (including phenoxy) is 3. The molecule has 0 radical (unpaired) electrons. The van der Waals surface area contributed by atoms with Crippen molar-refractivity contribution in [1.29, 1.82) is 0 Å². The van der Waals surface area contributed by atoms with Gasteiger partial charge in [-0.2, -0.15) is 0 Å². The lowest BCUT2D eigenvalue weighted by Gasteiger charge is -2.35. The lowest BCUT2D eigenvalue weighted by atomic mass is 9.88. The van der Waals surface area contributed by atoms with Crippen LogP contribution in [0.2, 0.25) is 0 Å². The van der Waals surface area contributed by atoms with Crippen LogP contribution in [0.25, 0.3) is 0 Å². The predicted octanol–water partition coefficient (Wildman–Crippen LogP) is 3.19. The Morgan fingerprint density at radius 2 is 1.68 bits per heavy atom. The summed E-state index contributed by atoms with van der Waals surface area (Å²) >= 11 is 0. The van der Waals surface area contributed by atoms with Crippen LogP contribution in [0.3, 0.4) is 0 Å². The molecule has 1 N–H and O–H groups in total. The lowest BCUT2D eigenvalue weighted by Crippen LogP contribution is -2.33. The predicted molar refractivity (Wildman–Crippen MR) is 97.0 cm³/mol. The fraction of sp³-hybridized carbons (Fsp3) is 0.400. The van der Waals surface area contributed by atoms with Crippen molar-refractivity contribution in [1.82, 2.24) is 4.90 Å². The van der Waals surface area contributed by atoms with E-state index < -0.39 is 0 Å². The molecule has 1 atom stereocenters. The van der Waals surface area contributed by atoms with Gasteiger partial charge >= 0.3 is 0 Å².